The third kappa shape index (κ3) is 4.92. The van der Waals surface area contributed by atoms with Crippen molar-refractivity contribution in [3.8, 4) is 5.75 Å². The molecule has 1 aliphatic carbocycles. The van der Waals surface area contributed by atoms with Crippen molar-refractivity contribution in [1.29, 1.82) is 0 Å². The predicted octanol–water partition coefficient (Wildman–Crippen LogP) is 3.89. The number of nitrogens with zero attached hydrogens (tertiary/aromatic N) is 1. The van der Waals surface area contributed by atoms with Crippen molar-refractivity contribution in [3.05, 3.63) is 45.5 Å². The highest BCUT2D eigenvalue weighted by Crippen LogP contribution is 2.45. The van der Waals surface area contributed by atoms with Crippen LogP contribution in [0.4, 0.5) is 0 Å². The third-order valence-electron chi connectivity index (χ3n) is 7.30. The van der Waals surface area contributed by atoms with Crippen molar-refractivity contribution in [2.24, 2.45) is 17.8 Å². The fourth-order valence-corrected chi connectivity index (χ4v) is 5.65. The Hall–Kier alpha value is -2.44. The first-order valence-electron chi connectivity index (χ1n) is 11.9. The van der Waals surface area contributed by atoms with Crippen LogP contribution in [-0.2, 0) is 9.59 Å². The van der Waals surface area contributed by atoms with Gasteiger partial charge in [-0.25, -0.2) is 0 Å². The van der Waals surface area contributed by atoms with E-state index in [1.807, 2.05) is 32.9 Å². The smallest absolute Gasteiger partial charge is 0.233 e. The number of phenols is 1. The number of allylic oxidation sites excluding steroid dienone is 2. The molecule has 0 unspecified atom stereocenters. The maximum Gasteiger partial charge on any atom is 0.233 e. The lowest BCUT2D eigenvalue weighted by molar-refractivity contribution is -0.138. The molecule has 1 heterocycles. The zero-order chi connectivity index (χ0) is 24.4. The van der Waals surface area contributed by atoms with Gasteiger partial charge in [-0.15, -0.1) is 0 Å². The number of carbonyl (C=O) groups is 2. The normalized spacial score (nSPS) is 24.5. The Kier molecular flexibility index (Phi) is 7.80. The molecule has 0 radical (unpaired) electrons. The topological polar surface area (TPSA) is 98.1 Å². The number of phenolic OH excluding ortho intramolecular Hbond substituents is 1. The SMILES string of the molecule is CCC/C(=C\c1cc(C)c(O)c(C)c1)CC[C@@H](O)C1=C(C)C[C@H]2C(=O)N(C)C(=O)[C@H]2[C@H]1CO. The fourth-order valence-electron chi connectivity index (χ4n) is 5.65. The first kappa shape index (κ1) is 25.2. The van der Waals surface area contributed by atoms with E-state index in [4.69, 9.17) is 0 Å². The minimum absolute atomic E-state index is 0.191. The highest BCUT2D eigenvalue weighted by atomic mass is 16.3. The van der Waals surface area contributed by atoms with Crippen LogP contribution in [0.1, 0.15) is 62.6 Å². The van der Waals surface area contributed by atoms with E-state index in [1.54, 1.807) is 0 Å². The van der Waals surface area contributed by atoms with Gasteiger partial charge in [0.05, 0.1) is 24.5 Å². The number of amides is 2. The van der Waals surface area contributed by atoms with Crippen molar-refractivity contribution in [1.82, 2.24) is 4.90 Å². The standard InChI is InChI=1S/C27H37NO5/c1-6-7-18(13-19-10-16(3)25(31)17(4)11-19)8-9-22(30)23-15(2)12-20-24(21(23)14-29)27(33)28(5)26(20)32/h10-11,13,20-22,24,29-31H,6-9,12,14H2,1-5H3/b18-13+/t20-,21+,22-,24-/m1/s1. The lowest BCUT2D eigenvalue weighted by atomic mass is 9.68. The van der Waals surface area contributed by atoms with E-state index in [-0.39, 0.29) is 18.4 Å². The lowest BCUT2D eigenvalue weighted by Gasteiger charge is -2.35. The molecule has 2 amide bonds. The Morgan fingerprint density at radius 3 is 2.36 bits per heavy atom. The van der Waals surface area contributed by atoms with E-state index >= 15 is 0 Å². The number of aliphatic hydroxyl groups is 2. The summed E-state index contributed by atoms with van der Waals surface area (Å²) >= 11 is 0. The van der Waals surface area contributed by atoms with E-state index < -0.39 is 23.9 Å². The van der Waals surface area contributed by atoms with Gasteiger partial charge in [0.15, 0.2) is 0 Å². The molecule has 1 aromatic carbocycles. The zero-order valence-corrected chi connectivity index (χ0v) is 20.4. The molecular formula is C27H37NO5. The number of aromatic hydroxyl groups is 1. The Labute approximate surface area is 196 Å². The lowest BCUT2D eigenvalue weighted by Crippen LogP contribution is -2.38. The quantitative estimate of drug-likeness (QED) is 0.408. The van der Waals surface area contributed by atoms with Crippen molar-refractivity contribution < 1.29 is 24.9 Å². The summed E-state index contributed by atoms with van der Waals surface area (Å²) in [6.45, 7) is 7.53. The second-order valence-electron chi connectivity index (χ2n) is 9.71. The molecule has 1 aliphatic heterocycles. The van der Waals surface area contributed by atoms with Crippen molar-refractivity contribution in [2.45, 2.75) is 65.9 Å². The number of benzene rings is 1. The van der Waals surface area contributed by atoms with Gasteiger partial charge in [-0.3, -0.25) is 14.5 Å². The van der Waals surface area contributed by atoms with Crippen LogP contribution in [0.25, 0.3) is 6.08 Å². The van der Waals surface area contributed by atoms with Crippen molar-refractivity contribution >= 4 is 17.9 Å². The van der Waals surface area contributed by atoms with Crippen molar-refractivity contribution in [3.63, 3.8) is 0 Å². The van der Waals surface area contributed by atoms with E-state index in [0.717, 1.165) is 40.7 Å². The van der Waals surface area contributed by atoms with E-state index in [0.29, 0.717) is 25.0 Å². The number of fused-ring (bicyclic) bond motifs is 1. The van der Waals surface area contributed by atoms with Gasteiger partial charge in [-0.1, -0.05) is 30.6 Å². The van der Waals surface area contributed by atoms with Crippen LogP contribution in [0.3, 0.4) is 0 Å². The Balaban J connectivity index is 1.81. The fraction of sp³-hybridized carbons (Fsp3) is 0.556. The summed E-state index contributed by atoms with van der Waals surface area (Å²) in [5.74, 6) is -1.68. The van der Waals surface area contributed by atoms with E-state index in [2.05, 4.69) is 13.0 Å². The molecular weight excluding hydrogens is 418 g/mol. The van der Waals surface area contributed by atoms with Crippen LogP contribution < -0.4 is 0 Å². The predicted molar refractivity (Wildman–Crippen MR) is 128 cm³/mol. The Morgan fingerprint density at radius 1 is 1.15 bits per heavy atom. The van der Waals surface area contributed by atoms with E-state index in [1.165, 1.54) is 17.5 Å². The molecule has 1 fully saturated rings. The number of rotatable bonds is 8. The minimum Gasteiger partial charge on any atom is -0.507 e. The average molecular weight is 456 g/mol. The molecule has 4 atom stereocenters. The maximum atomic E-state index is 12.7. The molecule has 0 bridgehead atoms. The maximum absolute atomic E-state index is 12.7. The highest BCUT2D eigenvalue weighted by molar-refractivity contribution is 6.05. The summed E-state index contributed by atoms with van der Waals surface area (Å²) in [7, 11) is 1.50. The Morgan fingerprint density at radius 2 is 1.79 bits per heavy atom. The summed E-state index contributed by atoms with van der Waals surface area (Å²) in [5, 5.41) is 31.3. The number of imide groups is 1. The van der Waals surface area contributed by atoms with Crippen LogP contribution in [0.15, 0.2) is 28.9 Å². The van der Waals surface area contributed by atoms with Gasteiger partial charge in [0, 0.05) is 13.0 Å². The molecule has 6 nitrogen and oxygen atoms in total. The highest BCUT2D eigenvalue weighted by Gasteiger charge is 2.53. The Bertz CT molecular complexity index is 969. The molecule has 33 heavy (non-hydrogen) atoms. The number of hydrogen-bond acceptors (Lipinski definition) is 5. The van der Waals surface area contributed by atoms with Gasteiger partial charge >= 0.3 is 0 Å². The largest absolute Gasteiger partial charge is 0.507 e. The average Bonchev–Trinajstić information content (AvgIpc) is 2.98. The molecule has 0 saturated carbocycles. The number of hydrogen-bond donors (Lipinski definition) is 3. The van der Waals surface area contributed by atoms with Gasteiger partial charge in [-0.05, 0) is 80.9 Å². The van der Waals surface area contributed by atoms with Crippen LogP contribution in [0.2, 0.25) is 0 Å². The monoisotopic (exact) mass is 455 g/mol. The van der Waals surface area contributed by atoms with Gasteiger partial charge in [0.25, 0.3) is 0 Å². The van der Waals surface area contributed by atoms with Crippen LogP contribution >= 0.6 is 0 Å². The first-order valence-corrected chi connectivity index (χ1v) is 11.9. The zero-order valence-electron chi connectivity index (χ0n) is 20.4. The molecule has 3 N–H and O–H groups in total. The van der Waals surface area contributed by atoms with Gasteiger partial charge < -0.3 is 15.3 Å². The molecule has 2 aliphatic rings. The summed E-state index contributed by atoms with van der Waals surface area (Å²) in [4.78, 5) is 26.3. The molecule has 6 heteroatoms. The second kappa shape index (κ2) is 10.2. The molecule has 1 saturated heterocycles. The molecule has 0 spiro atoms. The number of aryl methyl sites for hydroxylation is 2. The molecule has 1 aromatic rings. The summed E-state index contributed by atoms with van der Waals surface area (Å²) < 4.78 is 0. The number of aliphatic hydroxyl groups excluding tert-OH is 2. The molecule has 3 rings (SSSR count). The number of likely N-dealkylation sites (tertiary alicyclic amines) is 1. The van der Waals surface area contributed by atoms with Gasteiger partial charge in [0.2, 0.25) is 11.8 Å². The molecule has 0 aromatic heterocycles. The van der Waals surface area contributed by atoms with Crippen LogP contribution in [0, 0.1) is 31.6 Å². The van der Waals surface area contributed by atoms with Gasteiger partial charge in [-0.2, -0.15) is 0 Å². The van der Waals surface area contributed by atoms with Gasteiger partial charge in [0.1, 0.15) is 5.75 Å². The molecule has 180 valence electrons. The summed E-state index contributed by atoms with van der Waals surface area (Å²) in [5.41, 5.74) is 5.54. The minimum atomic E-state index is -0.777. The van der Waals surface area contributed by atoms with Crippen molar-refractivity contribution in [2.75, 3.05) is 13.7 Å². The number of carbonyl (C=O) groups excluding carboxylic acids is 2. The third-order valence-corrected chi connectivity index (χ3v) is 7.30. The second-order valence-corrected chi connectivity index (χ2v) is 9.71. The summed E-state index contributed by atoms with van der Waals surface area (Å²) in [6.07, 6.45) is 4.85. The van der Waals surface area contributed by atoms with E-state index in [9.17, 15) is 24.9 Å². The van der Waals surface area contributed by atoms with Crippen LogP contribution in [0.5, 0.6) is 5.75 Å². The van der Waals surface area contributed by atoms with Crippen LogP contribution in [-0.4, -0.2) is 51.8 Å². The summed E-state index contributed by atoms with van der Waals surface area (Å²) in [6, 6.07) is 3.92. The first-order chi connectivity index (χ1) is 15.6.